The molecule has 9 heteroatoms. The fourth-order valence-corrected chi connectivity index (χ4v) is 4.20. The van der Waals surface area contributed by atoms with Crippen molar-refractivity contribution in [3.05, 3.63) is 70.7 Å². The van der Waals surface area contributed by atoms with Crippen LogP contribution in [0.4, 0.5) is 0 Å². The van der Waals surface area contributed by atoms with Gasteiger partial charge in [-0.2, -0.15) is 4.98 Å². The van der Waals surface area contributed by atoms with Crippen LogP contribution in [0.2, 0.25) is 5.02 Å². The van der Waals surface area contributed by atoms with E-state index < -0.39 is 0 Å². The van der Waals surface area contributed by atoms with Crippen molar-refractivity contribution < 1.29 is 14.0 Å². The van der Waals surface area contributed by atoms with Gasteiger partial charge in [0.15, 0.2) is 5.11 Å². The summed E-state index contributed by atoms with van der Waals surface area (Å²) < 4.78 is 16.6. The van der Waals surface area contributed by atoms with E-state index >= 15 is 0 Å². The number of allylic oxidation sites excluding steroid dienone is 1. The predicted octanol–water partition coefficient (Wildman–Crippen LogP) is 5.10. The van der Waals surface area contributed by atoms with Crippen molar-refractivity contribution in [1.82, 2.24) is 20.4 Å². The second-order valence-corrected chi connectivity index (χ2v) is 8.28. The lowest BCUT2D eigenvalue weighted by atomic mass is 9.94. The highest BCUT2D eigenvalue weighted by molar-refractivity contribution is 7.80. The summed E-state index contributed by atoms with van der Waals surface area (Å²) in [5.41, 5.74) is 3.62. The average Bonchev–Trinajstić information content (AvgIpc) is 3.29. The van der Waals surface area contributed by atoms with Crippen LogP contribution in [0.1, 0.15) is 31.3 Å². The van der Waals surface area contributed by atoms with Crippen LogP contribution in [0.3, 0.4) is 0 Å². The Morgan fingerprint density at radius 1 is 1.15 bits per heavy atom. The first-order chi connectivity index (χ1) is 16.0. The van der Waals surface area contributed by atoms with Crippen molar-refractivity contribution in [1.29, 1.82) is 0 Å². The van der Waals surface area contributed by atoms with Crippen LogP contribution < -0.4 is 10.1 Å². The molecule has 0 aliphatic carbocycles. The fourth-order valence-electron chi connectivity index (χ4n) is 3.73. The molecule has 172 valence electrons. The first-order valence-electron chi connectivity index (χ1n) is 10.6. The minimum atomic E-state index is -0.259. The van der Waals surface area contributed by atoms with Crippen molar-refractivity contribution in [2.24, 2.45) is 0 Å². The van der Waals surface area contributed by atoms with Gasteiger partial charge in [-0.3, -0.25) is 0 Å². The monoisotopic (exact) mass is 484 g/mol. The summed E-state index contributed by atoms with van der Waals surface area (Å²) in [5.74, 6) is 1.73. The zero-order valence-corrected chi connectivity index (χ0v) is 20.2. The number of hydrogen-bond acceptors (Lipinski definition) is 6. The van der Waals surface area contributed by atoms with E-state index in [1.165, 1.54) is 0 Å². The maximum atomic E-state index is 6.02. The molecular weight excluding hydrogens is 460 g/mol. The molecule has 0 spiro atoms. The minimum Gasteiger partial charge on any atom is -0.494 e. The molecule has 0 fully saturated rings. The maximum absolute atomic E-state index is 6.02. The molecule has 0 amide bonds. The van der Waals surface area contributed by atoms with Crippen LogP contribution >= 0.6 is 23.8 Å². The highest BCUT2D eigenvalue weighted by Crippen LogP contribution is 2.37. The molecule has 33 heavy (non-hydrogen) atoms. The van der Waals surface area contributed by atoms with Gasteiger partial charge in [-0.15, -0.1) is 0 Å². The molecule has 0 saturated heterocycles. The van der Waals surface area contributed by atoms with Gasteiger partial charge >= 0.3 is 0 Å². The van der Waals surface area contributed by atoms with Gasteiger partial charge in [0.2, 0.25) is 5.82 Å². The third-order valence-corrected chi connectivity index (χ3v) is 5.99. The van der Waals surface area contributed by atoms with Gasteiger partial charge in [-0.25, -0.2) is 0 Å². The van der Waals surface area contributed by atoms with Crippen molar-refractivity contribution in [2.75, 3.05) is 26.9 Å². The van der Waals surface area contributed by atoms with Crippen LogP contribution in [0.15, 0.2) is 58.8 Å². The van der Waals surface area contributed by atoms with E-state index in [4.69, 9.17) is 42.8 Å². The molecule has 0 saturated carbocycles. The largest absolute Gasteiger partial charge is 0.494 e. The summed E-state index contributed by atoms with van der Waals surface area (Å²) in [7, 11) is 1.67. The highest BCUT2D eigenvalue weighted by atomic mass is 35.5. The summed E-state index contributed by atoms with van der Waals surface area (Å²) in [5, 5.41) is 8.91. The maximum Gasteiger partial charge on any atom is 0.258 e. The number of halogens is 1. The lowest BCUT2D eigenvalue weighted by Crippen LogP contribution is -2.47. The van der Waals surface area contributed by atoms with Crippen LogP contribution in [0.5, 0.6) is 5.75 Å². The molecule has 1 unspecified atom stereocenters. The number of hydrogen-bond donors (Lipinski definition) is 1. The molecule has 3 aromatic rings. The Hall–Kier alpha value is -2.94. The average molecular weight is 485 g/mol. The first-order valence-corrected chi connectivity index (χ1v) is 11.4. The molecule has 2 heterocycles. The highest BCUT2D eigenvalue weighted by Gasteiger charge is 2.34. The van der Waals surface area contributed by atoms with Gasteiger partial charge in [0.05, 0.1) is 24.8 Å². The number of nitrogens with zero attached hydrogens (tertiary/aromatic N) is 3. The van der Waals surface area contributed by atoms with Crippen LogP contribution in [-0.2, 0) is 4.74 Å². The third-order valence-electron chi connectivity index (χ3n) is 5.40. The zero-order valence-electron chi connectivity index (χ0n) is 18.7. The number of thiocarbonyl (C=S) groups is 1. The Morgan fingerprint density at radius 2 is 1.88 bits per heavy atom. The van der Waals surface area contributed by atoms with E-state index in [1.807, 2.05) is 55.1 Å². The molecule has 1 aliphatic rings. The van der Waals surface area contributed by atoms with Crippen molar-refractivity contribution in [2.45, 2.75) is 19.9 Å². The van der Waals surface area contributed by atoms with Gasteiger partial charge in [0.1, 0.15) is 5.75 Å². The van der Waals surface area contributed by atoms with Crippen LogP contribution in [0, 0.1) is 0 Å². The topological polar surface area (TPSA) is 72.7 Å². The Morgan fingerprint density at radius 3 is 2.55 bits per heavy atom. The predicted molar refractivity (Wildman–Crippen MR) is 132 cm³/mol. The minimum absolute atomic E-state index is 0.259. The van der Waals surface area contributed by atoms with Gasteiger partial charge in [-0.05, 0) is 68.0 Å². The molecule has 4 rings (SSSR count). The van der Waals surface area contributed by atoms with Crippen molar-refractivity contribution >= 4 is 34.5 Å². The SMILES string of the molecule is CCOc1ccc(C2NC(=S)N(CCOC)C(C)=C2c2nc(-c3ccc(Cl)cc3)no2)cc1. The van der Waals surface area contributed by atoms with E-state index in [0.29, 0.717) is 41.6 Å². The second-order valence-electron chi connectivity index (χ2n) is 7.46. The van der Waals surface area contributed by atoms with Crippen molar-refractivity contribution in [3.63, 3.8) is 0 Å². The standard InChI is InChI=1S/C24H25ClN4O3S/c1-4-31-19-11-7-16(8-12-19)21-20(15(2)29(13-14-30-3)24(33)26-21)23-27-22(28-32-23)17-5-9-18(25)10-6-17/h5-12,21H,4,13-14H2,1-3H3,(H,26,33). The summed E-state index contributed by atoms with van der Waals surface area (Å²) >= 11 is 11.7. The molecule has 0 radical (unpaired) electrons. The molecular formula is C24H25ClN4O3S. The second kappa shape index (κ2) is 10.3. The number of nitrogens with one attached hydrogen (secondary N) is 1. The van der Waals surface area contributed by atoms with Gasteiger partial charge < -0.3 is 24.2 Å². The Kier molecular flexibility index (Phi) is 7.27. The molecule has 1 aromatic heterocycles. The van der Waals surface area contributed by atoms with Crippen LogP contribution in [-0.4, -0.2) is 47.0 Å². The number of rotatable bonds is 8. The van der Waals surface area contributed by atoms with E-state index in [-0.39, 0.29) is 6.04 Å². The molecule has 1 N–H and O–H groups in total. The summed E-state index contributed by atoms with van der Waals surface area (Å²) in [4.78, 5) is 6.69. The number of benzene rings is 2. The summed E-state index contributed by atoms with van der Waals surface area (Å²) in [6, 6.07) is 15.0. The van der Waals surface area contributed by atoms with Crippen molar-refractivity contribution in [3.8, 4) is 17.1 Å². The normalized spacial score (nSPS) is 16.2. The van der Waals surface area contributed by atoms with Gasteiger partial charge in [-0.1, -0.05) is 28.9 Å². The molecule has 2 aromatic carbocycles. The molecule has 1 aliphatic heterocycles. The Labute approximate surface area is 203 Å². The van der Waals surface area contributed by atoms with Gasteiger partial charge in [0, 0.05) is 29.9 Å². The van der Waals surface area contributed by atoms with E-state index in [2.05, 4.69) is 10.5 Å². The summed E-state index contributed by atoms with van der Waals surface area (Å²) in [6.07, 6.45) is 0. The van der Waals surface area contributed by atoms with Gasteiger partial charge in [0.25, 0.3) is 5.89 Å². The first kappa shape index (κ1) is 23.2. The number of ether oxygens (including phenoxy) is 2. The smallest absolute Gasteiger partial charge is 0.258 e. The molecule has 7 nitrogen and oxygen atoms in total. The zero-order chi connectivity index (χ0) is 23.4. The molecule has 0 bridgehead atoms. The Bertz CT molecular complexity index is 1150. The fraction of sp³-hybridized carbons (Fsp3) is 0.292. The lowest BCUT2D eigenvalue weighted by Gasteiger charge is -2.37. The molecule has 1 atom stereocenters. The lowest BCUT2D eigenvalue weighted by molar-refractivity contribution is 0.183. The number of methoxy groups -OCH3 is 1. The van der Waals surface area contributed by atoms with E-state index in [0.717, 1.165) is 28.1 Å². The van der Waals surface area contributed by atoms with E-state index in [1.54, 1.807) is 19.2 Å². The number of aromatic nitrogens is 2. The summed E-state index contributed by atoms with van der Waals surface area (Å²) in [6.45, 7) is 5.71. The van der Waals surface area contributed by atoms with E-state index in [9.17, 15) is 0 Å². The third kappa shape index (κ3) is 5.03. The van der Waals surface area contributed by atoms with Crippen LogP contribution in [0.25, 0.3) is 17.0 Å². The Balaban J connectivity index is 1.75. The quantitative estimate of drug-likeness (QED) is 0.443.